The summed E-state index contributed by atoms with van der Waals surface area (Å²) in [5.41, 5.74) is 1.26. The number of carbonyl (C=O) groups excluding carboxylic acids is 1. The van der Waals surface area contributed by atoms with Gasteiger partial charge in [-0.3, -0.25) is 9.48 Å². The number of hydrogen-bond acceptors (Lipinski definition) is 6. The van der Waals surface area contributed by atoms with Crippen molar-refractivity contribution in [3.8, 4) is 11.4 Å². The summed E-state index contributed by atoms with van der Waals surface area (Å²) in [5.74, 6) is 1.80. The number of rotatable bonds is 4. The third-order valence-corrected chi connectivity index (χ3v) is 3.12. The highest BCUT2D eigenvalue weighted by Crippen LogP contribution is 2.15. The molecule has 3 rings (SSSR count). The van der Waals surface area contributed by atoms with Crippen molar-refractivity contribution in [1.82, 2.24) is 25.2 Å². The Morgan fingerprint density at radius 1 is 1.41 bits per heavy atom. The first kappa shape index (κ1) is 14.1. The van der Waals surface area contributed by atoms with E-state index < -0.39 is 0 Å². The van der Waals surface area contributed by atoms with E-state index in [0.29, 0.717) is 28.8 Å². The average Bonchev–Trinajstić information content (AvgIpc) is 3.16. The van der Waals surface area contributed by atoms with Crippen molar-refractivity contribution in [3.05, 3.63) is 41.4 Å². The van der Waals surface area contributed by atoms with E-state index in [9.17, 15) is 4.79 Å². The predicted octanol–water partition coefficient (Wildman–Crippen LogP) is 1.61. The molecule has 0 unspecified atom stereocenters. The lowest BCUT2D eigenvalue weighted by atomic mass is 10.2. The maximum atomic E-state index is 12.1. The Bertz CT molecular complexity index is 814. The van der Waals surface area contributed by atoms with Gasteiger partial charge in [-0.1, -0.05) is 5.16 Å². The Morgan fingerprint density at radius 2 is 2.23 bits per heavy atom. The zero-order valence-electron chi connectivity index (χ0n) is 12.5. The van der Waals surface area contributed by atoms with Crippen LogP contribution in [0.4, 0.5) is 0 Å². The summed E-state index contributed by atoms with van der Waals surface area (Å²) in [5, 5.41) is 10.6. The normalized spacial score (nSPS) is 10.9. The van der Waals surface area contributed by atoms with Gasteiger partial charge in [0.15, 0.2) is 0 Å². The monoisotopic (exact) mass is 301 g/mol. The second-order valence-electron chi connectivity index (χ2n) is 4.92. The quantitative estimate of drug-likeness (QED) is 0.786. The number of amides is 1. The number of nitrogens with one attached hydrogen (secondary N) is 1. The lowest BCUT2D eigenvalue weighted by Crippen LogP contribution is -2.23. The molecule has 22 heavy (non-hydrogen) atoms. The fraction of sp³-hybridized carbons (Fsp3) is 0.286. The topological polar surface area (TPSA) is 99.0 Å². The van der Waals surface area contributed by atoms with Crippen LogP contribution in [0.5, 0.6) is 0 Å². The Hall–Kier alpha value is -2.90. The maximum absolute atomic E-state index is 12.1. The van der Waals surface area contributed by atoms with Crippen LogP contribution in [0, 0.1) is 13.8 Å². The van der Waals surface area contributed by atoms with Gasteiger partial charge in [-0.15, -0.1) is 0 Å². The minimum atomic E-state index is -0.240. The molecular weight excluding hydrogens is 286 g/mol. The summed E-state index contributed by atoms with van der Waals surface area (Å²) in [4.78, 5) is 16.3. The lowest BCUT2D eigenvalue weighted by Gasteiger charge is -1.99. The molecule has 1 amide bonds. The number of aryl methyl sites for hydroxylation is 3. The van der Waals surface area contributed by atoms with Crippen molar-refractivity contribution in [3.63, 3.8) is 0 Å². The highest BCUT2D eigenvalue weighted by atomic mass is 16.5. The zero-order valence-corrected chi connectivity index (χ0v) is 12.5. The van der Waals surface area contributed by atoms with Crippen LogP contribution in [-0.4, -0.2) is 25.8 Å². The van der Waals surface area contributed by atoms with E-state index in [-0.39, 0.29) is 12.5 Å². The molecule has 1 N–H and O–H groups in total. The van der Waals surface area contributed by atoms with Crippen LogP contribution in [0.15, 0.2) is 27.4 Å². The van der Waals surface area contributed by atoms with Crippen LogP contribution >= 0.6 is 0 Å². The highest BCUT2D eigenvalue weighted by Gasteiger charge is 2.15. The largest absolute Gasteiger partial charge is 0.466 e. The third-order valence-electron chi connectivity index (χ3n) is 3.12. The van der Waals surface area contributed by atoms with Gasteiger partial charge in [0.2, 0.25) is 11.7 Å². The number of carbonyl (C=O) groups is 1. The van der Waals surface area contributed by atoms with Crippen molar-refractivity contribution < 1.29 is 13.7 Å². The Balaban J connectivity index is 1.66. The fourth-order valence-corrected chi connectivity index (χ4v) is 2.09. The summed E-state index contributed by atoms with van der Waals surface area (Å²) < 4.78 is 12.1. The van der Waals surface area contributed by atoms with Gasteiger partial charge >= 0.3 is 0 Å². The summed E-state index contributed by atoms with van der Waals surface area (Å²) in [6.45, 7) is 3.69. The lowest BCUT2D eigenvalue weighted by molar-refractivity contribution is 0.0944. The summed E-state index contributed by atoms with van der Waals surface area (Å²) >= 11 is 0. The van der Waals surface area contributed by atoms with Crippen molar-refractivity contribution in [2.45, 2.75) is 20.4 Å². The molecule has 0 atom stereocenters. The smallest absolute Gasteiger partial charge is 0.255 e. The molecule has 3 aromatic heterocycles. The summed E-state index contributed by atoms with van der Waals surface area (Å²) in [6, 6.07) is 1.69. The van der Waals surface area contributed by atoms with Crippen LogP contribution < -0.4 is 5.32 Å². The molecule has 3 heterocycles. The maximum Gasteiger partial charge on any atom is 0.255 e. The Kier molecular flexibility index (Phi) is 3.50. The van der Waals surface area contributed by atoms with Gasteiger partial charge in [-0.05, 0) is 19.9 Å². The molecule has 0 aliphatic carbocycles. The summed E-state index contributed by atoms with van der Waals surface area (Å²) in [7, 11) is 1.81. The van der Waals surface area contributed by atoms with Crippen LogP contribution in [0.3, 0.4) is 0 Å². The van der Waals surface area contributed by atoms with E-state index in [0.717, 1.165) is 5.56 Å². The van der Waals surface area contributed by atoms with Crippen molar-refractivity contribution in [2.75, 3.05) is 0 Å². The Labute approximate surface area is 126 Å². The zero-order chi connectivity index (χ0) is 15.7. The van der Waals surface area contributed by atoms with E-state index in [1.54, 1.807) is 44.0 Å². The molecule has 0 bridgehead atoms. The average molecular weight is 301 g/mol. The molecule has 3 aromatic rings. The van der Waals surface area contributed by atoms with Crippen molar-refractivity contribution in [1.29, 1.82) is 0 Å². The number of hydrogen-bond donors (Lipinski definition) is 1. The van der Waals surface area contributed by atoms with E-state index in [1.807, 2.05) is 0 Å². The summed E-state index contributed by atoms with van der Waals surface area (Å²) in [6.07, 6.45) is 3.43. The molecule has 0 radical (unpaired) electrons. The van der Waals surface area contributed by atoms with Crippen molar-refractivity contribution >= 4 is 5.91 Å². The van der Waals surface area contributed by atoms with Gasteiger partial charge in [0, 0.05) is 13.2 Å². The van der Waals surface area contributed by atoms with Gasteiger partial charge in [0.25, 0.3) is 5.91 Å². The fourth-order valence-electron chi connectivity index (χ4n) is 2.09. The minimum Gasteiger partial charge on any atom is -0.466 e. The van der Waals surface area contributed by atoms with Gasteiger partial charge in [0.05, 0.1) is 23.9 Å². The molecule has 8 nitrogen and oxygen atoms in total. The molecule has 0 spiro atoms. The first-order valence-electron chi connectivity index (χ1n) is 6.70. The number of nitrogens with zero attached hydrogens (tertiary/aromatic N) is 4. The van der Waals surface area contributed by atoms with Crippen molar-refractivity contribution in [2.24, 2.45) is 7.05 Å². The molecular formula is C14H15N5O3. The molecule has 114 valence electrons. The predicted molar refractivity (Wildman–Crippen MR) is 75.9 cm³/mol. The molecule has 0 fully saturated rings. The number of furan rings is 1. The van der Waals surface area contributed by atoms with Gasteiger partial charge < -0.3 is 14.3 Å². The number of aromatic nitrogens is 4. The van der Waals surface area contributed by atoms with E-state index in [1.165, 1.54) is 0 Å². The van der Waals surface area contributed by atoms with Crippen LogP contribution in [-0.2, 0) is 13.6 Å². The van der Waals surface area contributed by atoms with Gasteiger partial charge in [0.1, 0.15) is 11.5 Å². The highest BCUT2D eigenvalue weighted by molar-refractivity contribution is 5.95. The Morgan fingerprint density at radius 3 is 2.86 bits per heavy atom. The van der Waals surface area contributed by atoms with E-state index >= 15 is 0 Å². The minimum absolute atomic E-state index is 0.149. The standard InChI is InChI=1S/C14H15N5O3/c1-8-4-11(9(2)21-8)14(20)15-6-12-17-13(18-22-12)10-5-16-19(3)7-10/h4-5,7H,6H2,1-3H3,(H,15,20). The van der Waals surface area contributed by atoms with Crippen LogP contribution in [0.2, 0.25) is 0 Å². The third kappa shape index (κ3) is 2.76. The molecule has 0 aromatic carbocycles. The van der Waals surface area contributed by atoms with E-state index in [4.69, 9.17) is 8.94 Å². The first-order valence-corrected chi connectivity index (χ1v) is 6.70. The molecule has 8 heteroatoms. The van der Waals surface area contributed by atoms with Gasteiger partial charge in [-0.2, -0.15) is 10.1 Å². The second-order valence-corrected chi connectivity index (χ2v) is 4.92. The SMILES string of the molecule is Cc1cc(C(=O)NCc2nc(-c3cnn(C)c3)no2)c(C)o1. The molecule has 0 saturated heterocycles. The molecule has 0 saturated carbocycles. The van der Waals surface area contributed by atoms with Crippen LogP contribution in [0.25, 0.3) is 11.4 Å². The first-order chi connectivity index (χ1) is 10.5. The van der Waals surface area contributed by atoms with Gasteiger partial charge in [-0.25, -0.2) is 0 Å². The van der Waals surface area contributed by atoms with E-state index in [2.05, 4.69) is 20.6 Å². The molecule has 0 aliphatic heterocycles. The molecule has 0 aliphatic rings. The second kappa shape index (κ2) is 5.47. The van der Waals surface area contributed by atoms with Crippen LogP contribution in [0.1, 0.15) is 27.8 Å².